The first kappa shape index (κ1) is 21.0. The number of amides is 1. The molecule has 2 heterocycles. The number of H-pyrrole nitrogens is 1. The van der Waals surface area contributed by atoms with Crippen molar-refractivity contribution in [3.63, 3.8) is 0 Å². The van der Waals surface area contributed by atoms with Crippen LogP contribution in [0.1, 0.15) is 62.2 Å². The number of unbranched alkanes of at least 4 members (excludes halogenated alkanes) is 3. The zero-order chi connectivity index (χ0) is 19.1. The van der Waals surface area contributed by atoms with Crippen LogP contribution >= 0.6 is 23.1 Å². The van der Waals surface area contributed by atoms with Crippen LogP contribution < -0.4 is 10.9 Å². The summed E-state index contributed by atoms with van der Waals surface area (Å²) in [6.07, 6.45) is 5.90. The normalized spacial score (nSPS) is 12.5. The van der Waals surface area contributed by atoms with Crippen molar-refractivity contribution in [2.24, 2.45) is 0 Å². The molecule has 2 N–H and O–H groups in total. The van der Waals surface area contributed by atoms with Gasteiger partial charge in [-0.15, -0.1) is 23.1 Å². The Morgan fingerprint density at radius 3 is 2.81 bits per heavy atom. The molecule has 0 fully saturated rings. The molecule has 0 unspecified atom stereocenters. The Morgan fingerprint density at radius 2 is 2.08 bits per heavy atom. The number of thiophene rings is 1. The van der Waals surface area contributed by atoms with E-state index >= 15 is 0 Å². The number of carbonyl (C=O) groups is 1. The summed E-state index contributed by atoms with van der Waals surface area (Å²) in [5, 5.41) is 3.74. The topological polar surface area (TPSA) is 74.8 Å². The van der Waals surface area contributed by atoms with Gasteiger partial charge >= 0.3 is 0 Å². The van der Waals surface area contributed by atoms with Crippen molar-refractivity contribution in [1.29, 1.82) is 0 Å². The van der Waals surface area contributed by atoms with Gasteiger partial charge in [0.05, 0.1) is 16.9 Å². The molecular formula is C19H29N3O2S2. The fraction of sp³-hybridized carbons (Fsp3) is 0.632. The summed E-state index contributed by atoms with van der Waals surface area (Å²) in [5.74, 6) is 1.58. The molecule has 0 saturated carbocycles. The van der Waals surface area contributed by atoms with Crippen LogP contribution in [0.25, 0.3) is 10.2 Å². The molecule has 0 bridgehead atoms. The van der Waals surface area contributed by atoms with Crippen LogP contribution in [0.4, 0.5) is 0 Å². The van der Waals surface area contributed by atoms with E-state index in [1.807, 2.05) is 13.8 Å². The Morgan fingerprint density at radius 1 is 1.31 bits per heavy atom. The SMILES string of the molecule is CCCCCC[C@H](C)NC(=O)CSCc1nc2sc(C)c(C)c2c(=O)[nH]1. The highest BCUT2D eigenvalue weighted by molar-refractivity contribution is 7.99. The number of hydrogen-bond acceptors (Lipinski definition) is 5. The van der Waals surface area contributed by atoms with Crippen molar-refractivity contribution in [3.05, 3.63) is 26.6 Å². The number of aromatic nitrogens is 2. The molecule has 1 atom stereocenters. The Kier molecular flexibility index (Phi) is 8.15. The molecule has 0 spiro atoms. The maximum Gasteiger partial charge on any atom is 0.259 e. The zero-order valence-corrected chi connectivity index (χ0v) is 17.7. The molecule has 1 amide bonds. The van der Waals surface area contributed by atoms with Crippen molar-refractivity contribution in [2.75, 3.05) is 5.75 Å². The molecule has 2 aromatic rings. The molecule has 0 aliphatic rings. The van der Waals surface area contributed by atoms with Gasteiger partial charge in [0.25, 0.3) is 5.56 Å². The number of carbonyl (C=O) groups excluding carboxylic acids is 1. The Labute approximate surface area is 163 Å². The molecule has 5 nitrogen and oxygen atoms in total. The standard InChI is InChI=1S/C19H29N3O2S2/c1-5-6-7-8-9-12(2)20-16(23)11-25-10-15-21-18(24)17-13(3)14(4)26-19(17)22-15/h12H,5-11H2,1-4H3,(H,20,23)(H,21,22,24)/t12-/m0/s1. The fourth-order valence-electron chi connectivity index (χ4n) is 2.87. The lowest BCUT2D eigenvalue weighted by atomic mass is 10.1. The van der Waals surface area contributed by atoms with E-state index in [1.165, 1.54) is 31.0 Å². The zero-order valence-electron chi connectivity index (χ0n) is 16.1. The van der Waals surface area contributed by atoms with Gasteiger partial charge in [-0.3, -0.25) is 9.59 Å². The lowest BCUT2D eigenvalue weighted by Crippen LogP contribution is -2.33. The molecule has 26 heavy (non-hydrogen) atoms. The molecule has 0 aliphatic heterocycles. The number of nitrogens with one attached hydrogen (secondary N) is 2. The van der Waals surface area contributed by atoms with Gasteiger partial charge in [0, 0.05) is 10.9 Å². The van der Waals surface area contributed by atoms with Gasteiger partial charge in [-0.05, 0) is 32.8 Å². The first-order chi connectivity index (χ1) is 12.4. The van der Waals surface area contributed by atoms with Gasteiger partial charge in [0.2, 0.25) is 5.91 Å². The van der Waals surface area contributed by atoms with E-state index in [0.29, 0.717) is 22.7 Å². The van der Waals surface area contributed by atoms with Crippen LogP contribution in [0, 0.1) is 13.8 Å². The van der Waals surface area contributed by atoms with Gasteiger partial charge in [-0.2, -0.15) is 0 Å². The van der Waals surface area contributed by atoms with E-state index in [0.717, 1.165) is 28.1 Å². The summed E-state index contributed by atoms with van der Waals surface area (Å²) in [4.78, 5) is 33.6. The average Bonchev–Trinajstić information content (AvgIpc) is 2.86. The van der Waals surface area contributed by atoms with Crippen molar-refractivity contribution in [2.45, 2.75) is 71.6 Å². The summed E-state index contributed by atoms with van der Waals surface area (Å²) < 4.78 is 0. The second kappa shape index (κ2) is 10.1. The van der Waals surface area contributed by atoms with E-state index in [2.05, 4.69) is 29.1 Å². The first-order valence-electron chi connectivity index (χ1n) is 9.28. The molecular weight excluding hydrogens is 366 g/mol. The molecule has 0 aliphatic carbocycles. The van der Waals surface area contributed by atoms with Crippen LogP contribution in [0.3, 0.4) is 0 Å². The second-order valence-corrected chi connectivity index (χ2v) is 8.98. The highest BCUT2D eigenvalue weighted by Gasteiger charge is 2.12. The minimum atomic E-state index is -0.0856. The second-order valence-electron chi connectivity index (χ2n) is 6.79. The minimum Gasteiger partial charge on any atom is -0.353 e. The van der Waals surface area contributed by atoms with E-state index in [4.69, 9.17) is 0 Å². The van der Waals surface area contributed by atoms with Gasteiger partial charge in [-0.1, -0.05) is 32.6 Å². The van der Waals surface area contributed by atoms with Crippen LogP contribution in [0.15, 0.2) is 4.79 Å². The van der Waals surface area contributed by atoms with E-state index in [-0.39, 0.29) is 17.5 Å². The summed E-state index contributed by atoms with van der Waals surface area (Å²) in [6, 6.07) is 0.214. The summed E-state index contributed by atoms with van der Waals surface area (Å²) in [7, 11) is 0. The van der Waals surface area contributed by atoms with Gasteiger partial charge in [0.15, 0.2) is 0 Å². The Balaban J connectivity index is 1.79. The molecule has 2 aromatic heterocycles. The van der Waals surface area contributed by atoms with Crippen LogP contribution in [0.5, 0.6) is 0 Å². The highest BCUT2D eigenvalue weighted by Crippen LogP contribution is 2.26. The van der Waals surface area contributed by atoms with Gasteiger partial charge in [-0.25, -0.2) is 4.98 Å². The number of thioether (sulfide) groups is 1. The molecule has 0 saturated heterocycles. The van der Waals surface area contributed by atoms with Crippen LogP contribution in [-0.4, -0.2) is 27.7 Å². The predicted octanol–water partition coefficient (Wildman–Crippen LogP) is 4.31. The van der Waals surface area contributed by atoms with Crippen molar-refractivity contribution < 1.29 is 4.79 Å². The van der Waals surface area contributed by atoms with Crippen molar-refractivity contribution in [3.8, 4) is 0 Å². The van der Waals surface area contributed by atoms with Crippen LogP contribution in [-0.2, 0) is 10.5 Å². The van der Waals surface area contributed by atoms with E-state index in [1.54, 1.807) is 11.3 Å². The Hall–Kier alpha value is -1.34. The first-order valence-corrected chi connectivity index (χ1v) is 11.3. The molecule has 0 radical (unpaired) electrons. The van der Waals surface area contributed by atoms with E-state index < -0.39 is 0 Å². The summed E-state index contributed by atoms with van der Waals surface area (Å²) >= 11 is 3.02. The largest absolute Gasteiger partial charge is 0.353 e. The number of aromatic amines is 1. The third kappa shape index (κ3) is 5.84. The minimum absolute atomic E-state index is 0.0456. The van der Waals surface area contributed by atoms with Gasteiger partial charge in [0.1, 0.15) is 10.7 Å². The molecule has 0 aromatic carbocycles. The number of hydrogen-bond donors (Lipinski definition) is 2. The molecule has 144 valence electrons. The number of fused-ring (bicyclic) bond motifs is 1. The summed E-state index contributed by atoms with van der Waals surface area (Å²) in [6.45, 7) is 8.21. The fourth-order valence-corrected chi connectivity index (χ4v) is 4.62. The third-order valence-corrected chi connectivity index (χ3v) is 6.50. The lowest BCUT2D eigenvalue weighted by Gasteiger charge is -2.13. The summed E-state index contributed by atoms with van der Waals surface area (Å²) in [5.41, 5.74) is 0.919. The number of aryl methyl sites for hydroxylation is 2. The molecule has 2 rings (SSSR count). The lowest BCUT2D eigenvalue weighted by molar-refractivity contribution is -0.119. The maximum atomic E-state index is 12.2. The quantitative estimate of drug-likeness (QED) is 0.588. The third-order valence-electron chi connectivity index (χ3n) is 4.46. The van der Waals surface area contributed by atoms with E-state index in [9.17, 15) is 9.59 Å². The maximum absolute atomic E-state index is 12.2. The van der Waals surface area contributed by atoms with Crippen molar-refractivity contribution >= 4 is 39.2 Å². The van der Waals surface area contributed by atoms with Gasteiger partial charge < -0.3 is 10.3 Å². The monoisotopic (exact) mass is 395 g/mol. The van der Waals surface area contributed by atoms with Crippen molar-refractivity contribution in [1.82, 2.24) is 15.3 Å². The Bertz CT molecular complexity index is 798. The number of rotatable bonds is 10. The predicted molar refractivity (Wildman–Crippen MR) is 112 cm³/mol. The highest BCUT2D eigenvalue weighted by atomic mass is 32.2. The average molecular weight is 396 g/mol. The smallest absolute Gasteiger partial charge is 0.259 e. The number of nitrogens with zero attached hydrogens (tertiary/aromatic N) is 1. The molecule has 7 heteroatoms. The van der Waals surface area contributed by atoms with Crippen LogP contribution in [0.2, 0.25) is 0 Å².